The normalized spacial score (nSPS) is 12.9. The van der Waals surface area contributed by atoms with Crippen LogP contribution in [0.25, 0.3) is 11.1 Å². The van der Waals surface area contributed by atoms with Crippen molar-refractivity contribution in [3.05, 3.63) is 42.0 Å². The van der Waals surface area contributed by atoms with Crippen molar-refractivity contribution in [1.29, 1.82) is 0 Å². The van der Waals surface area contributed by atoms with Gasteiger partial charge in [0.25, 0.3) is 10.1 Å². The van der Waals surface area contributed by atoms with Crippen LogP contribution in [0.5, 0.6) is 0 Å². The topological polar surface area (TPSA) is 54.4 Å². The molecule has 0 fully saturated rings. The summed E-state index contributed by atoms with van der Waals surface area (Å²) in [5.74, 6) is 0.366. The van der Waals surface area contributed by atoms with E-state index >= 15 is 0 Å². The minimum atomic E-state index is -4.17. The van der Waals surface area contributed by atoms with Crippen molar-refractivity contribution >= 4 is 39.7 Å². The second-order valence-corrected chi connectivity index (χ2v) is 6.29. The fraction of sp³-hybridized carbons (Fsp3) is 0.333. The van der Waals surface area contributed by atoms with Crippen LogP contribution in [0, 0.1) is 0 Å². The van der Waals surface area contributed by atoms with Crippen LogP contribution in [0.15, 0.2) is 41.3 Å². The van der Waals surface area contributed by atoms with Crippen LogP contribution >= 0.6 is 0 Å². The average molecular weight is 302 g/mol. The van der Waals surface area contributed by atoms with E-state index < -0.39 is 10.1 Å². The minimum absolute atomic E-state index is 0. The van der Waals surface area contributed by atoms with Crippen molar-refractivity contribution in [2.75, 3.05) is 0 Å². The molecular weight excluding hydrogens is 283 g/mol. The number of rotatable bonds is 4. The first kappa shape index (κ1) is 17.7. The van der Waals surface area contributed by atoms with E-state index in [1.54, 1.807) is 6.07 Å². The van der Waals surface area contributed by atoms with Crippen LogP contribution in [0.2, 0.25) is 0 Å². The first-order chi connectivity index (χ1) is 8.93. The molecular formula is C15H19NaO3S. The third-order valence-corrected chi connectivity index (χ3v) is 4.35. The molecule has 104 valence electrons. The van der Waals surface area contributed by atoms with Gasteiger partial charge in [-0.2, -0.15) is 8.42 Å². The van der Waals surface area contributed by atoms with Crippen molar-refractivity contribution < 1.29 is 13.0 Å². The molecule has 0 aromatic rings. The van der Waals surface area contributed by atoms with Crippen LogP contribution in [0.1, 0.15) is 38.2 Å². The summed E-state index contributed by atoms with van der Waals surface area (Å²) in [6.45, 7) is 4.25. The fourth-order valence-corrected chi connectivity index (χ4v) is 3.09. The Labute approximate surface area is 142 Å². The van der Waals surface area contributed by atoms with Crippen LogP contribution in [-0.2, 0) is 10.1 Å². The van der Waals surface area contributed by atoms with Gasteiger partial charge in [0.05, 0.1) is 0 Å². The third-order valence-electron chi connectivity index (χ3n) is 3.43. The monoisotopic (exact) mass is 302 g/mol. The van der Waals surface area contributed by atoms with Gasteiger partial charge in [-0.15, -0.1) is 0 Å². The summed E-state index contributed by atoms with van der Waals surface area (Å²) in [5, 5.41) is 0. The Bertz CT molecular complexity index is 652. The molecule has 0 saturated carbocycles. The van der Waals surface area contributed by atoms with E-state index in [-0.39, 0.29) is 34.5 Å². The molecule has 2 aliphatic rings. The number of hydrogen-bond donors (Lipinski definition) is 1. The van der Waals surface area contributed by atoms with Gasteiger partial charge >= 0.3 is 29.6 Å². The Balaban J connectivity index is 0.00000200. The third kappa shape index (κ3) is 3.83. The summed E-state index contributed by atoms with van der Waals surface area (Å²) in [7, 11) is -4.17. The molecule has 1 atom stereocenters. The van der Waals surface area contributed by atoms with Gasteiger partial charge in [-0.25, -0.2) is 0 Å². The summed E-state index contributed by atoms with van der Waals surface area (Å²) < 4.78 is 32.0. The molecule has 1 unspecified atom stereocenters. The van der Waals surface area contributed by atoms with Gasteiger partial charge in [-0.3, -0.25) is 4.55 Å². The Kier molecular flexibility index (Phi) is 6.23. The van der Waals surface area contributed by atoms with E-state index in [1.807, 2.05) is 24.3 Å². The zero-order chi connectivity index (χ0) is 14.0. The SMILES string of the molecule is CCCC(C)c1cccc2ccc(S(=O)(=O)O)c-2c1.[NaH]. The second kappa shape index (κ2) is 7.05. The molecule has 0 aliphatic heterocycles. The molecule has 0 saturated heterocycles. The Hall–Kier alpha value is -0.390. The number of hydrogen-bond acceptors (Lipinski definition) is 2. The predicted octanol–water partition coefficient (Wildman–Crippen LogP) is 3.29. The van der Waals surface area contributed by atoms with Crippen LogP contribution < -0.4 is 0 Å². The molecule has 0 bridgehead atoms. The van der Waals surface area contributed by atoms with Gasteiger partial charge in [0.15, 0.2) is 0 Å². The molecule has 2 aliphatic carbocycles. The Morgan fingerprint density at radius 2 is 1.90 bits per heavy atom. The van der Waals surface area contributed by atoms with Crippen LogP contribution in [0.4, 0.5) is 0 Å². The molecule has 0 aromatic carbocycles. The average Bonchev–Trinajstić information content (AvgIpc) is 2.60. The first-order valence-electron chi connectivity index (χ1n) is 6.43. The predicted molar refractivity (Wildman–Crippen MR) is 83.4 cm³/mol. The van der Waals surface area contributed by atoms with Crippen molar-refractivity contribution in [3.8, 4) is 11.1 Å². The zero-order valence-electron chi connectivity index (χ0n) is 11.1. The van der Waals surface area contributed by atoms with E-state index in [2.05, 4.69) is 13.8 Å². The molecule has 0 amide bonds. The van der Waals surface area contributed by atoms with Gasteiger partial charge in [-0.1, -0.05) is 44.5 Å². The summed E-state index contributed by atoms with van der Waals surface area (Å²) >= 11 is 0. The quantitative estimate of drug-likeness (QED) is 0.696. The summed E-state index contributed by atoms with van der Waals surface area (Å²) in [6, 6.07) is 10.8. The van der Waals surface area contributed by atoms with Crippen LogP contribution in [0.3, 0.4) is 0 Å². The standard InChI is InChI=1S/C15H18O3S.Na.H/c1-3-5-11(2)13-7-4-6-12-8-9-15(14(12)10-13)19(16,17)18;;/h4,6-11H,3,5H2,1-2H3,(H,16,17,18);;. The van der Waals surface area contributed by atoms with Gasteiger partial charge in [-0.05, 0) is 35.6 Å². The van der Waals surface area contributed by atoms with Gasteiger partial charge in [0.1, 0.15) is 4.90 Å². The van der Waals surface area contributed by atoms with E-state index in [0.717, 1.165) is 24.0 Å². The van der Waals surface area contributed by atoms with E-state index in [1.165, 1.54) is 6.07 Å². The molecule has 0 heterocycles. The fourth-order valence-electron chi connectivity index (χ4n) is 2.40. The molecule has 20 heavy (non-hydrogen) atoms. The maximum atomic E-state index is 11.4. The van der Waals surface area contributed by atoms with Crippen molar-refractivity contribution in [2.24, 2.45) is 0 Å². The Morgan fingerprint density at radius 3 is 2.50 bits per heavy atom. The van der Waals surface area contributed by atoms with Crippen molar-refractivity contribution in [2.45, 2.75) is 37.5 Å². The molecule has 3 nitrogen and oxygen atoms in total. The Morgan fingerprint density at radius 1 is 1.20 bits per heavy atom. The van der Waals surface area contributed by atoms with Crippen molar-refractivity contribution in [1.82, 2.24) is 0 Å². The zero-order valence-corrected chi connectivity index (χ0v) is 11.9. The molecule has 0 spiro atoms. The maximum absolute atomic E-state index is 11.4. The molecule has 2 rings (SSSR count). The molecule has 5 heteroatoms. The van der Waals surface area contributed by atoms with Gasteiger partial charge < -0.3 is 0 Å². The molecule has 1 N–H and O–H groups in total. The van der Waals surface area contributed by atoms with Gasteiger partial charge in [0, 0.05) is 5.56 Å². The molecule has 0 radical (unpaired) electrons. The van der Waals surface area contributed by atoms with E-state index in [4.69, 9.17) is 0 Å². The summed E-state index contributed by atoms with van der Waals surface area (Å²) in [4.78, 5) is -0.0105. The molecule has 0 aromatic heterocycles. The summed E-state index contributed by atoms with van der Waals surface area (Å²) in [5.41, 5.74) is 2.50. The van der Waals surface area contributed by atoms with E-state index in [9.17, 15) is 13.0 Å². The van der Waals surface area contributed by atoms with Gasteiger partial charge in [0.2, 0.25) is 0 Å². The van der Waals surface area contributed by atoms with Crippen LogP contribution in [-0.4, -0.2) is 42.5 Å². The van der Waals surface area contributed by atoms with Crippen molar-refractivity contribution in [3.63, 3.8) is 0 Å². The van der Waals surface area contributed by atoms with E-state index in [0.29, 0.717) is 11.5 Å². The summed E-state index contributed by atoms with van der Waals surface area (Å²) in [6.07, 6.45) is 2.13. The second-order valence-electron chi connectivity index (χ2n) is 4.90. The first-order valence-corrected chi connectivity index (χ1v) is 7.87. The number of fused-ring (bicyclic) bond motifs is 1.